The minimum atomic E-state index is -3.88. The van der Waals surface area contributed by atoms with Crippen LogP contribution in [-0.4, -0.2) is 52.0 Å². The average molecular weight is 391 g/mol. The summed E-state index contributed by atoms with van der Waals surface area (Å²) < 4.78 is 51.9. The maximum Gasteiger partial charge on any atom is 0.270 e. The second-order valence-corrected chi connectivity index (χ2v) is 9.94. The summed E-state index contributed by atoms with van der Waals surface area (Å²) in [4.78, 5) is 10.2. The molecule has 1 saturated heterocycles. The first-order valence-electron chi connectivity index (χ1n) is 7.70. The second kappa shape index (κ2) is 7.36. The van der Waals surface area contributed by atoms with Crippen LogP contribution in [0.25, 0.3) is 0 Å². The number of nitrogens with zero attached hydrogens (tertiary/aromatic N) is 2. The lowest BCUT2D eigenvalue weighted by atomic mass is 10.0. The Morgan fingerprint density at radius 1 is 1.32 bits per heavy atom. The molecule has 0 bridgehead atoms. The predicted octanol–water partition coefficient (Wildman–Crippen LogP) is 0.853. The number of non-ortho nitro benzene ring substituents is 1. The summed E-state index contributed by atoms with van der Waals surface area (Å²) in [5.74, 6) is -0.141. The Labute approximate surface area is 147 Å². The van der Waals surface area contributed by atoms with E-state index in [0.29, 0.717) is 24.9 Å². The quantitative estimate of drug-likeness (QED) is 0.566. The van der Waals surface area contributed by atoms with E-state index < -0.39 is 25.0 Å². The van der Waals surface area contributed by atoms with Crippen molar-refractivity contribution in [1.29, 1.82) is 0 Å². The van der Waals surface area contributed by atoms with Gasteiger partial charge in [-0.25, -0.2) is 21.6 Å². The summed E-state index contributed by atoms with van der Waals surface area (Å²) in [6.07, 6.45) is 2.36. The van der Waals surface area contributed by atoms with Gasteiger partial charge in [0.2, 0.25) is 20.0 Å². The Hall–Kier alpha value is -1.56. The van der Waals surface area contributed by atoms with Crippen molar-refractivity contribution in [2.45, 2.75) is 24.7 Å². The number of nitrogens with one attached hydrogen (secondary N) is 1. The summed E-state index contributed by atoms with van der Waals surface area (Å²) >= 11 is 0. The van der Waals surface area contributed by atoms with Crippen molar-refractivity contribution in [2.24, 2.45) is 5.92 Å². The lowest BCUT2D eigenvalue weighted by molar-refractivity contribution is -0.385. The molecule has 0 saturated carbocycles. The van der Waals surface area contributed by atoms with Crippen LogP contribution in [0.1, 0.15) is 18.4 Å². The molecule has 1 aliphatic rings. The second-order valence-electron chi connectivity index (χ2n) is 6.20. The van der Waals surface area contributed by atoms with E-state index in [-0.39, 0.29) is 29.6 Å². The largest absolute Gasteiger partial charge is 0.270 e. The van der Waals surface area contributed by atoms with Crippen molar-refractivity contribution >= 4 is 25.7 Å². The van der Waals surface area contributed by atoms with Gasteiger partial charge in [0.25, 0.3) is 5.69 Å². The molecule has 1 heterocycles. The van der Waals surface area contributed by atoms with Crippen molar-refractivity contribution in [3.8, 4) is 0 Å². The molecule has 1 aliphatic heterocycles. The molecule has 9 nitrogen and oxygen atoms in total. The third-order valence-corrected chi connectivity index (χ3v) is 6.81. The topological polar surface area (TPSA) is 127 Å². The van der Waals surface area contributed by atoms with Crippen LogP contribution in [0.5, 0.6) is 0 Å². The number of nitro groups is 1. The molecule has 0 amide bonds. The molecule has 1 N–H and O–H groups in total. The highest BCUT2D eigenvalue weighted by molar-refractivity contribution is 7.89. The van der Waals surface area contributed by atoms with Crippen molar-refractivity contribution in [3.63, 3.8) is 0 Å². The molecule has 1 aromatic rings. The monoisotopic (exact) mass is 391 g/mol. The number of aryl methyl sites for hydroxylation is 1. The van der Waals surface area contributed by atoms with Crippen molar-refractivity contribution in [1.82, 2.24) is 9.03 Å². The molecule has 2 rings (SSSR count). The van der Waals surface area contributed by atoms with Crippen LogP contribution < -0.4 is 4.72 Å². The van der Waals surface area contributed by atoms with Gasteiger partial charge in [0.1, 0.15) is 0 Å². The highest BCUT2D eigenvalue weighted by Gasteiger charge is 2.32. The van der Waals surface area contributed by atoms with E-state index in [1.54, 1.807) is 6.92 Å². The molecule has 0 aromatic heterocycles. The number of hydrogen-bond acceptors (Lipinski definition) is 6. The van der Waals surface area contributed by atoms with E-state index in [2.05, 4.69) is 4.72 Å². The first-order valence-corrected chi connectivity index (χ1v) is 11.0. The standard InChI is InChI=1S/C14H21N3O6S2/c1-11-5-6-13(17(18)19)8-14(11)25(22,23)16-7-3-4-12(10-16)9-15-24(2,20)21/h5-6,8,12,15H,3-4,7,9-10H2,1-2H3. The fourth-order valence-corrected chi connectivity index (χ4v) is 5.14. The predicted molar refractivity (Wildman–Crippen MR) is 92.2 cm³/mol. The zero-order chi connectivity index (χ0) is 18.8. The van der Waals surface area contributed by atoms with E-state index >= 15 is 0 Å². The maximum absolute atomic E-state index is 12.9. The molecule has 0 radical (unpaired) electrons. The number of hydrogen-bond donors (Lipinski definition) is 1. The molecule has 1 unspecified atom stereocenters. The van der Waals surface area contributed by atoms with E-state index in [1.807, 2.05) is 0 Å². The Balaban J connectivity index is 2.24. The number of rotatable bonds is 6. The Morgan fingerprint density at radius 3 is 2.60 bits per heavy atom. The van der Waals surface area contributed by atoms with Crippen LogP contribution >= 0.6 is 0 Å². The van der Waals surface area contributed by atoms with Crippen LogP contribution in [0.15, 0.2) is 23.1 Å². The van der Waals surface area contributed by atoms with Gasteiger partial charge in [-0.05, 0) is 31.2 Å². The zero-order valence-corrected chi connectivity index (χ0v) is 15.6. The molecule has 0 spiro atoms. The lowest BCUT2D eigenvalue weighted by Gasteiger charge is -2.32. The fraction of sp³-hybridized carbons (Fsp3) is 0.571. The Bertz CT molecular complexity index is 867. The van der Waals surface area contributed by atoms with Gasteiger partial charge in [0, 0.05) is 31.8 Å². The van der Waals surface area contributed by atoms with E-state index in [4.69, 9.17) is 0 Å². The van der Waals surface area contributed by atoms with Gasteiger partial charge in [-0.15, -0.1) is 0 Å². The molecule has 0 aliphatic carbocycles. The Morgan fingerprint density at radius 2 is 2.00 bits per heavy atom. The van der Waals surface area contributed by atoms with Crippen LogP contribution in [-0.2, 0) is 20.0 Å². The number of piperidine rings is 1. The summed E-state index contributed by atoms with van der Waals surface area (Å²) in [6.45, 7) is 2.23. The smallest absolute Gasteiger partial charge is 0.258 e. The van der Waals surface area contributed by atoms with E-state index in [1.165, 1.54) is 16.4 Å². The molecule has 140 valence electrons. The summed E-state index contributed by atoms with van der Waals surface area (Å²) in [6, 6.07) is 3.75. The molecule has 11 heteroatoms. The highest BCUT2D eigenvalue weighted by Crippen LogP contribution is 2.28. The van der Waals surface area contributed by atoms with E-state index in [0.717, 1.165) is 12.3 Å². The summed E-state index contributed by atoms with van der Waals surface area (Å²) in [5.41, 5.74) is 0.151. The minimum absolute atomic E-state index is 0.0848. The van der Waals surface area contributed by atoms with Crippen LogP contribution in [0.2, 0.25) is 0 Å². The van der Waals surface area contributed by atoms with Gasteiger partial charge in [-0.3, -0.25) is 10.1 Å². The maximum atomic E-state index is 12.9. The molecule has 1 atom stereocenters. The summed E-state index contributed by atoms with van der Waals surface area (Å²) in [5, 5.41) is 10.9. The molecule has 1 fully saturated rings. The van der Waals surface area contributed by atoms with Gasteiger partial charge in [0.05, 0.1) is 16.1 Å². The lowest BCUT2D eigenvalue weighted by Crippen LogP contribution is -2.43. The first kappa shape index (κ1) is 19.8. The van der Waals surface area contributed by atoms with Crippen LogP contribution in [0, 0.1) is 23.0 Å². The van der Waals surface area contributed by atoms with Crippen LogP contribution in [0.3, 0.4) is 0 Å². The van der Waals surface area contributed by atoms with Crippen molar-refractivity contribution in [2.75, 3.05) is 25.9 Å². The van der Waals surface area contributed by atoms with Crippen molar-refractivity contribution in [3.05, 3.63) is 33.9 Å². The molecular formula is C14H21N3O6S2. The van der Waals surface area contributed by atoms with Gasteiger partial charge in [-0.2, -0.15) is 4.31 Å². The third-order valence-electron chi connectivity index (χ3n) is 4.12. The van der Waals surface area contributed by atoms with Crippen LogP contribution in [0.4, 0.5) is 5.69 Å². The summed E-state index contributed by atoms with van der Waals surface area (Å²) in [7, 11) is -7.23. The highest BCUT2D eigenvalue weighted by atomic mass is 32.2. The average Bonchev–Trinajstić information content (AvgIpc) is 2.52. The minimum Gasteiger partial charge on any atom is -0.258 e. The fourth-order valence-electron chi connectivity index (χ4n) is 2.80. The van der Waals surface area contributed by atoms with Gasteiger partial charge >= 0.3 is 0 Å². The Kier molecular flexibility index (Phi) is 5.82. The molecule has 25 heavy (non-hydrogen) atoms. The molecule has 1 aromatic carbocycles. The van der Waals surface area contributed by atoms with Gasteiger partial charge < -0.3 is 0 Å². The number of benzene rings is 1. The van der Waals surface area contributed by atoms with Crippen molar-refractivity contribution < 1.29 is 21.8 Å². The first-order chi connectivity index (χ1) is 11.5. The normalized spacial score (nSPS) is 19.7. The SMILES string of the molecule is Cc1ccc([N+](=O)[O-])cc1S(=O)(=O)N1CCCC(CNS(C)(=O)=O)C1. The zero-order valence-electron chi connectivity index (χ0n) is 14.0. The third kappa shape index (κ3) is 4.97. The number of sulfonamides is 2. The number of nitro benzene ring substituents is 1. The van der Waals surface area contributed by atoms with Gasteiger partial charge in [-0.1, -0.05) is 6.07 Å². The van der Waals surface area contributed by atoms with E-state index in [9.17, 15) is 26.9 Å². The molecular weight excluding hydrogens is 370 g/mol. The van der Waals surface area contributed by atoms with Gasteiger partial charge in [0.15, 0.2) is 0 Å².